The second-order valence-corrected chi connectivity index (χ2v) is 4.08. The van der Waals surface area contributed by atoms with Crippen molar-refractivity contribution in [1.82, 2.24) is 5.32 Å². The van der Waals surface area contributed by atoms with Gasteiger partial charge in [-0.15, -0.1) is 0 Å². The fourth-order valence-corrected chi connectivity index (χ4v) is 1.82. The largest absolute Gasteiger partial charge is 0.391 e. The quantitative estimate of drug-likeness (QED) is 0.718. The van der Waals surface area contributed by atoms with Gasteiger partial charge in [-0.3, -0.25) is 4.99 Å². The maximum absolute atomic E-state index is 4.51. The SMILES string of the molecule is CC=NC1=C([C@@H](C)CC)C=CC=C(NC)C1. The Balaban J connectivity index is 3.07. The molecule has 0 aromatic carbocycles. The summed E-state index contributed by atoms with van der Waals surface area (Å²) in [6.45, 7) is 6.45. The molecule has 0 amide bonds. The Morgan fingerprint density at radius 3 is 2.88 bits per heavy atom. The highest BCUT2D eigenvalue weighted by molar-refractivity contribution is 5.56. The van der Waals surface area contributed by atoms with Crippen LogP contribution in [0.1, 0.15) is 33.6 Å². The molecule has 0 unspecified atom stereocenters. The van der Waals surface area contributed by atoms with Crippen molar-refractivity contribution in [3.63, 3.8) is 0 Å². The zero-order valence-corrected chi connectivity index (χ0v) is 10.7. The van der Waals surface area contributed by atoms with E-state index < -0.39 is 0 Å². The molecule has 0 radical (unpaired) electrons. The Bertz CT molecular complexity index is 346. The van der Waals surface area contributed by atoms with E-state index >= 15 is 0 Å². The first-order chi connectivity index (χ1) is 7.72. The molecule has 0 spiro atoms. The fourth-order valence-electron chi connectivity index (χ4n) is 1.82. The van der Waals surface area contributed by atoms with E-state index in [1.54, 1.807) is 0 Å². The van der Waals surface area contributed by atoms with Crippen molar-refractivity contribution in [3.8, 4) is 0 Å². The van der Waals surface area contributed by atoms with E-state index in [1.807, 2.05) is 20.2 Å². The molecule has 0 fully saturated rings. The van der Waals surface area contributed by atoms with Crippen LogP contribution in [0.25, 0.3) is 0 Å². The fraction of sp³-hybridized carbons (Fsp3) is 0.500. The Hall–Kier alpha value is -1.31. The standard InChI is InChI=1S/C14H22N2/c1-5-11(3)13-9-7-8-12(15-4)10-14(13)16-6-2/h6-9,11,15H,5,10H2,1-4H3/t11-/m0/s1. The van der Waals surface area contributed by atoms with Gasteiger partial charge in [0.25, 0.3) is 0 Å². The smallest absolute Gasteiger partial charge is 0.0492 e. The van der Waals surface area contributed by atoms with Crippen LogP contribution in [0.4, 0.5) is 0 Å². The summed E-state index contributed by atoms with van der Waals surface area (Å²) in [6, 6.07) is 0. The van der Waals surface area contributed by atoms with Crippen molar-refractivity contribution >= 4 is 6.21 Å². The molecule has 1 N–H and O–H groups in total. The Morgan fingerprint density at radius 2 is 2.31 bits per heavy atom. The van der Waals surface area contributed by atoms with E-state index in [2.05, 4.69) is 42.4 Å². The molecule has 0 bridgehead atoms. The van der Waals surface area contributed by atoms with Crippen molar-refractivity contribution in [2.45, 2.75) is 33.6 Å². The minimum atomic E-state index is 0.569. The zero-order valence-electron chi connectivity index (χ0n) is 10.7. The second-order valence-electron chi connectivity index (χ2n) is 4.08. The maximum atomic E-state index is 4.51. The van der Waals surface area contributed by atoms with Crippen LogP contribution in [-0.4, -0.2) is 13.3 Å². The molecule has 16 heavy (non-hydrogen) atoms. The minimum absolute atomic E-state index is 0.569. The highest BCUT2D eigenvalue weighted by atomic mass is 14.8. The Labute approximate surface area is 98.9 Å². The number of aliphatic imine (C=N–C) groups is 1. The predicted octanol–water partition coefficient (Wildman–Crippen LogP) is 3.44. The molecule has 2 heteroatoms. The first-order valence-corrected chi connectivity index (χ1v) is 5.99. The van der Waals surface area contributed by atoms with Gasteiger partial charge in [-0.05, 0) is 30.9 Å². The normalized spacial score (nSPS) is 18.6. The number of allylic oxidation sites excluding steroid dienone is 4. The van der Waals surface area contributed by atoms with E-state index in [1.165, 1.54) is 17.0 Å². The van der Waals surface area contributed by atoms with Gasteiger partial charge in [0, 0.05) is 31.1 Å². The third-order valence-corrected chi connectivity index (χ3v) is 3.01. The van der Waals surface area contributed by atoms with Crippen LogP contribution >= 0.6 is 0 Å². The number of nitrogens with one attached hydrogen (secondary N) is 1. The van der Waals surface area contributed by atoms with Crippen molar-refractivity contribution in [1.29, 1.82) is 0 Å². The van der Waals surface area contributed by atoms with Crippen molar-refractivity contribution < 1.29 is 0 Å². The van der Waals surface area contributed by atoms with Crippen LogP contribution in [0.3, 0.4) is 0 Å². The summed E-state index contributed by atoms with van der Waals surface area (Å²) >= 11 is 0. The lowest BCUT2D eigenvalue weighted by Crippen LogP contribution is -2.07. The molecule has 0 aromatic rings. The number of nitrogens with zero attached hydrogens (tertiary/aromatic N) is 1. The third kappa shape index (κ3) is 3.09. The van der Waals surface area contributed by atoms with Crippen LogP contribution in [-0.2, 0) is 0 Å². The van der Waals surface area contributed by atoms with Crippen LogP contribution in [0.2, 0.25) is 0 Å². The van der Waals surface area contributed by atoms with Gasteiger partial charge < -0.3 is 5.32 Å². The molecule has 0 saturated carbocycles. The molecule has 2 nitrogen and oxygen atoms in total. The number of rotatable bonds is 4. The molecule has 1 rings (SSSR count). The summed E-state index contributed by atoms with van der Waals surface area (Å²) in [5.74, 6) is 0.569. The van der Waals surface area contributed by atoms with Crippen molar-refractivity contribution in [2.24, 2.45) is 10.9 Å². The molecule has 0 aliphatic heterocycles. The third-order valence-electron chi connectivity index (χ3n) is 3.01. The van der Waals surface area contributed by atoms with Crippen molar-refractivity contribution in [2.75, 3.05) is 7.05 Å². The summed E-state index contributed by atoms with van der Waals surface area (Å²) in [5.41, 5.74) is 3.77. The maximum Gasteiger partial charge on any atom is 0.0492 e. The molecule has 0 saturated heterocycles. The molecule has 1 atom stereocenters. The molecule has 1 aliphatic rings. The van der Waals surface area contributed by atoms with Gasteiger partial charge in [-0.1, -0.05) is 26.0 Å². The minimum Gasteiger partial charge on any atom is -0.391 e. The molecule has 1 aliphatic carbocycles. The van der Waals surface area contributed by atoms with Gasteiger partial charge in [-0.2, -0.15) is 0 Å². The van der Waals surface area contributed by atoms with E-state index in [-0.39, 0.29) is 0 Å². The molecular weight excluding hydrogens is 196 g/mol. The predicted molar refractivity (Wildman–Crippen MR) is 71.5 cm³/mol. The van der Waals surface area contributed by atoms with Crippen LogP contribution < -0.4 is 5.32 Å². The monoisotopic (exact) mass is 218 g/mol. The topological polar surface area (TPSA) is 24.4 Å². The lowest BCUT2D eigenvalue weighted by Gasteiger charge is -2.14. The van der Waals surface area contributed by atoms with Gasteiger partial charge in [0.1, 0.15) is 0 Å². The second kappa shape index (κ2) is 6.31. The molecular formula is C14H22N2. The Morgan fingerprint density at radius 1 is 1.56 bits per heavy atom. The van der Waals surface area contributed by atoms with Gasteiger partial charge >= 0.3 is 0 Å². The van der Waals surface area contributed by atoms with Crippen LogP contribution in [0, 0.1) is 5.92 Å². The Kier molecular flexibility index (Phi) is 5.03. The van der Waals surface area contributed by atoms with Crippen LogP contribution in [0.5, 0.6) is 0 Å². The van der Waals surface area contributed by atoms with Crippen LogP contribution in [0.15, 0.2) is 40.2 Å². The average molecular weight is 218 g/mol. The zero-order chi connectivity index (χ0) is 12.0. The summed E-state index contributed by atoms with van der Waals surface area (Å²) in [6.07, 6.45) is 10.4. The van der Waals surface area contributed by atoms with E-state index in [0.717, 1.165) is 12.8 Å². The van der Waals surface area contributed by atoms with Gasteiger partial charge in [0.15, 0.2) is 0 Å². The summed E-state index contributed by atoms with van der Waals surface area (Å²) in [4.78, 5) is 4.51. The highest BCUT2D eigenvalue weighted by Crippen LogP contribution is 2.26. The first kappa shape index (κ1) is 12.8. The van der Waals surface area contributed by atoms with Gasteiger partial charge in [0.05, 0.1) is 0 Å². The van der Waals surface area contributed by atoms with E-state index in [0.29, 0.717) is 5.92 Å². The lowest BCUT2D eigenvalue weighted by molar-refractivity contribution is 0.659. The first-order valence-electron chi connectivity index (χ1n) is 5.99. The molecule has 0 heterocycles. The summed E-state index contributed by atoms with van der Waals surface area (Å²) < 4.78 is 0. The summed E-state index contributed by atoms with van der Waals surface area (Å²) in [5, 5.41) is 3.21. The highest BCUT2D eigenvalue weighted by Gasteiger charge is 2.12. The van der Waals surface area contributed by atoms with Crippen molar-refractivity contribution in [3.05, 3.63) is 35.2 Å². The average Bonchev–Trinajstić information content (AvgIpc) is 2.51. The number of hydrogen-bond acceptors (Lipinski definition) is 2. The van der Waals surface area contributed by atoms with Gasteiger partial charge in [-0.25, -0.2) is 0 Å². The molecule has 0 aromatic heterocycles. The van der Waals surface area contributed by atoms with Gasteiger partial charge in [0.2, 0.25) is 0 Å². The summed E-state index contributed by atoms with van der Waals surface area (Å²) in [7, 11) is 1.96. The molecule has 88 valence electrons. The van der Waals surface area contributed by atoms with E-state index in [4.69, 9.17) is 0 Å². The van der Waals surface area contributed by atoms with E-state index in [9.17, 15) is 0 Å². The lowest BCUT2D eigenvalue weighted by atomic mass is 9.95. The number of hydrogen-bond donors (Lipinski definition) is 1.